The maximum atomic E-state index is 11.4. The van der Waals surface area contributed by atoms with Crippen molar-refractivity contribution in [3.05, 3.63) is 34.9 Å². The largest absolute Gasteiger partial charge is 0.355 e. The van der Waals surface area contributed by atoms with Crippen molar-refractivity contribution in [3.63, 3.8) is 0 Å². The molecule has 0 aromatic rings. The van der Waals surface area contributed by atoms with Crippen LogP contribution in [0.2, 0.25) is 0 Å². The fraction of sp³-hybridized carbons (Fsp3) is 0.182. The Labute approximate surface area is 88.4 Å². The van der Waals surface area contributed by atoms with E-state index in [1.165, 1.54) is 13.1 Å². The second-order valence-electron chi connectivity index (χ2n) is 3.13. The number of allylic oxidation sites excluding steroid dienone is 5. The van der Waals surface area contributed by atoms with Crippen molar-refractivity contribution < 1.29 is 4.79 Å². The standard InChI is InChI=1S/C11H13N3O/c1-7-3-4-9(11(15)14-2)10(13)8(7)5-6-12/h3-6,12-13H,1-2H3,(H,14,15)/b8-5-,12-6?,13-10?. The molecule has 0 aliphatic heterocycles. The number of hydrogen-bond acceptors (Lipinski definition) is 3. The van der Waals surface area contributed by atoms with Gasteiger partial charge in [-0.05, 0) is 24.6 Å². The molecule has 4 heteroatoms. The zero-order valence-electron chi connectivity index (χ0n) is 8.72. The highest BCUT2D eigenvalue weighted by Gasteiger charge is 2.20. The summed E-state index contributed by atoms with van der Waals surface area (Å²) >= 11 is 0. The second kappa shape index (κ2) is 4.50. The van der Waals surface area contributed by atoms with Gasteiger partial charge in [-0.1, -0.05) is 6.08 Å². The van der Waals surface area contributed by atoms with E-state index in [0.29, 0.717) is 11.1 Å². The van der Waals surface area contributed by atoms with Gasteiger partial charge in [0.2, 0.25) is 0 Å². The highest BCUT2D eigenvalue weighted by molar-refractivity contribution is 6.29. The van der Waals surface area contributed by atoms with E-state index in [-0.39, 0.29) is 11.6 Å². The van der Waals surface area contributed by atoms with Crippen LogP contribution in [-0.2, 0) is 4.79 Å². The van der Waals surface area contributed by atoms with Gasteiger partial charge < -0.3 is 10.7 Å². The minimum atomic E-state index is -0.278. The van der Waals surface area contributed by atoms with Crippen LogP contribution in [0.25, 0.3) is 0 Å². The van der Waals surface area contributed by atoms with Gasteiger partial charge in [0.05, 0.1) is 11.3 Å². The Morgan fingerprint density at radius 1 is 1.47 bits per heavy atom. The lowest BCUT2D eigenvalue weighted by Crippen LogP contribution is -2.26. The molecule has 1 rings (SSSR count). The fourth-order valence-corrected chi connectivity index (χ4v) is 1.35. The Kier molecular flexibility index (Phi) is 3.33. The molecule has 15 heavy (non-hydrogen) atoms. The maximum absolute atomic E-state index is 11.4. The minimum absolute atomic E-state index is 0.165. The number of amides is 1. The first-order valence-corrected chi connectivity index (χ1v) is 4.53. The van der Waals surface area contributed by atoms with E-state index >= 15 is 0 Å². The Morgan fingerprint density at radius 3 is 2.67 bits per heavy atom. The van der Waals surface area contributed by atoms with Gasteiger partial charge in [0.25, 0.3) is 5.91 Å². The summed E-state index contributed by atoms with van der Waals surface area (Å²) in [7, 11) is 1.53. The molecule has 1 aliphatic rings. The Hall–Kier alpha value is -1.97. The first-order chi connectivity index (χ1) is 7.11. The average molecular weight is 203 g/mol. The van der Waals surface area contributed by atoms with Crippen LogP contribution in [0.5, 0.6) is 0 Å². The monoisotopic (exact) mass is 203 g/mol. The van der Waals surface area contributed by atoms with Crippen LogP contribution >= 0.6 is 0 Å². The maximum Gasteiger partial charge on any atom is 0.253 e. The van der Waals surface area contributed by atoms with E-state index in [2.05, 4.69) is 5.32 Å². The molecule has 3 N–H and O–H groups in total. The van der Waals surface area contributed by atoms with E-state index in [4.69, 9.17) is 10.8 Å². The number of likely N-dealkylation sites (N-methyl/N-ethyl adjacent to an activating group) is 1. The highest BCUT2D eigenvalue weighted by atomic mass is 16.1. The molecule has 0 atom stereocenters. The van der Waals surface area contributed by atoms with E-state index in [1.54, 1.807) is 12.2 Å². The molecule has 0 aromatic heterocycles. The smallest absolute Gasteiger partial charge is 0.253 e. The van der Waals surface area contributed by atoms with Crippen molar-refractivity contribution in [2.24, 2.45) is 0 Å². The lowest BCUT2D eigenvalue weighted by molar-refractivity contribution is -0.116. The summed E-state index contributed by atoms with van der Waals surface area (Å²) in [4.78, 5) is 11.4. The average Bonchev–Trinajstić information content (AvgIpc) is 2.23. The van der Waals surface area contributed by atoms with E-state index in [9.17, 15) is 4.79 Å². The summed E-state index contributed by atoms with van der Waals surface area (Å²) in [6.45, 7) is 1.85. The molecular weight excluding hydrogens is 190 g/mol. The molecule has 0 unspecified atom stereocenters. The molecule has 0 saturated carbocycles. The van der Waals surface area contributed by atoms with Gasteiger partial charge in [0.15, 0.2) is 0 Å². The molecule has 0 radical (unpaired) electrons. The number of nitrogens with one attached hydrogen (secondary N) is 3. The van der Waals surface area contributed by atoms with Gasteiger partial charge in [-0.3, -0.25) is 10.2 Å². The van der Waals surface area contributed by atoms with E-state index < -0.39 is 0 Å². The van der Waals surface area contributed by atoms with Crippen LogP contribution in [-0.4, -0.2) is 24.9 Å². The molecule has 0 bridgehead atoms. The molecule has 0 spiro atoms. The molecule has 78 valence electrons. The third kappa shape index (κ3) is 2.10. The van der Waals surface area contributed by atoms with Crippen LogP contribution in [0.4, 0.5) is 0 Å². The van der Waals surface area contributed by atoms with Crippen molar-refractivity contribution in [1.82, 2.24) is 5.32 Å². The SMILES string of the molecule is CNC(=O)C1=CC=C(C)/C(=C/C=N)C1=N. The van der Waals surface area contributed by atoms with Crippen LogP contribution in [0, 0.1) is 10.8 Å². The molecule has 0 heterocycles. The van der Waals surface area contributed by atoms with Gasteiger partial charge in [-0.2, -0.15) is 0 Å². The topological polar surface area (TPSA) is 76.8 Å². The van der Waals surface area contributed by atoms with Crippen molar-refractivity contribution in [2.75, 3.05) is 7.05 Å². The Morgan fingerprint density at radius 2 is 2.13 bits per heavy atom. The lowest BCUT2D eigenvalue weighted by atomic mass is 9.91. The Bertz CT molecular complexity index is 414. The predicted octanol–water partition coefficient (Wildman–Crippen LogP) is 1.21. The van der Waals surface area contributed by atoms with Crippen LogP contribution in [0.15, 0.2) is 34.9 Å². The normalized spacial score (nSPS) is 18.3. The van der Waals surface area contributed by atoms with E-state index in [1.807, 2.05) is 6.92 Å². The second-order valence-corrected chi connectivity index (χ2v) is 3.13. The summed E-state index contributed by atoms with van der Waals surface area (Å²) in [5, 5.41) is 17.3. The summed E-state index contributed by atoms with van der Waals surface area (Å²) in [6, 6.07) is 0. The fourth-order valence-electron chi connectivity index (χ4n) is 1.35. The van der Waals surface area contributed by atoms with Crippen LogP contribution in [0.3, 0.4) is 0 Å². The molecule has 4 nitrogen and oxygen atoms in total. The molecular formula is C11H13N3O. The molecule has 1 amide bonds. The highest BCUT2D eigenvalue weighted by Crippen LogP contribution is 2.20. The number of hydrogen-bond donors (Lipinski definition) is 3. The summed E-state index contributed by atoms with van der Waals surface area (Å²) in [5.74, 6) is -0.278. The summed E-state index contributed by atoms with van der Waals surface area (Å²) in [6.07, 6.45) is 6.04. The quantitative estimate of drug-likeness (QED) is 0.580. The third-order valence-electron chi connectivity index (χ3n) is 2.19. The van der Waals surface area contributed by atoms with Crippen molar-refractivity contribution >= 4 is 17.8 Å². The predicted molar refractivity (Wildman–Crippen MR) is 60.5 cm³/mol. The van der Waals surface area contributed by atoms with Gasteiger partial charge >= 0.3 is 0 Å². The summed E-state index contributed by atoms with van der Waals surface area (Å²) < 4.78 is 0. The van der Waals surface area contributed by atoms with Crippen molar-refractivity contribution in [3.8, 4) is 0 Å². The van der Waals surface area contributed by atoms with Gasteiger partial charge in [0.1, 0.15) is 0 Å². The molecule has 0 saturated heterocycles. The summed E-state index contributed by atoms with van der Waals surface area (Å²) in [5.41, 5.74) is 2.00. The first-order valence-electron chi connectivity index (χ1n) is 4.53. The molecule has 1 aliphatic carbocycles. The lowest BCUT2D eigenvalue weighted by Gasteiger charge is -2.15. The van der Waals surface area contributed by atoms with Gasteiger partial charge in [-0.25, -0.2) is 0 Å². The van der Waals surface area contributed by atoms with Crippen LogP contribution in [0.1, 0.15) is 6.92 Å². The number of carbonyl (C=O) groups is 1. The van der Waals surface area contributed by atoms with Crippen molar-refractivity contribution in [2.45, 2.75) is 6.92 Å². The zero-order valence-corrected chi connectivity index (χ0v) is 8.72. The van der Waals surface area contributed by atoms with Crippen molar-refractivity contribution in [1.29, 1.82) is 10.8 Å². The van der Waals surface area contributed by atoms with Gasteiger partial charge in [0, 0.05) is 18.8 Å². The number of carbonyl (C=O) groups excluding carboxylic acids is 1. The minimum Gasteiger partial charge on any atom is -0.355 e. The molecule has 0 aromatic carbocycles. The van der Waals surface area contributed by atoms with E-state index in [0.717, 1.165) is 11.8 Å². The third-order valence-corrected chi connectivity index (χ3v) is 2.19. The zero-order chi connectivity index (χ0) is 11.4. The van der Waals surface area contributed by atoms with Crippen LogP contribution < -0.4 is 5.32 Å². The number of rotatable bonds is 2. The Balaban J connectivity index is 3.16. The van der Waals surface area contributed by atoms with Gasteiger partial charge in [-0.15, -0.1) is 0 Å². The first kappa shape index (κ1) is 11.1. The molecule has 0 fully saturated rings.